The monoisotopic (exact) mass is 509 g/mol. The minimum absolute atomic E-state index is 0.0604. The Morgan fingerprint density at radius 2 is 1.58 bits per heavy atom. The number of piperazine rings is 1. The molecule has 0 saturated carbocycles. The highest BCUT2D eigenvalue weighted by atomic mass is 16.2. The summed E-state index contributed by atoms with van der Waals surface area (Å²) in [5, 5.41) is 5.91. The quantitative estimate of drug-likeness (QED) is 0.435. The van der Waals surface area contributed by atoms with E-state index in [1.807, 2.05) is 85.2 Å². The third kappa shape index (κ3) is 4.20. The van der Waals surface area contributed by atoms with Gasteiger partial charge in [0.1, 0.15) is 17.4 Å². The van der Waals surface area contributed by atoms with E-state index in [9.17, 15) is 14.4 Å². The molecule has 38 heavy (non-hydrogen) atoms. The van der Waals surface area contributed by atoms with Crippen LogP contribution in [0, 0.1) is 5.41 Å². The van der Waals surface area contributed by atoms with Gasteiger partial charge >= 0.3 is 0 Å². The van der Waals surface area contributed by atoms with Crippen molar-refractivity contribution in [2.75, 3.05) is 13.1 Å². The van der Waals surface area contributed by atoms with Gasteiger partial charge in [0.15, 0.2) is 0 Å². The molecule has 8 heteroatoms. The van der Waals surface area contributed by atoms with Crippen LogP contribution in [0.3, 0.4) is 0 Å². The highest BCUT2D eigenvalue weighted by Crippen LogP contribution is 2.34. The van der Waals surface area contributed by atoms with Crippen molar-refractivity contribution in [1.29, 1.82) is 0 Å². The Labute approximate surface area is 221 Å². The molecular weight excluding hydrogens is 478 g/mol. The van der Waals surface area contributed by atoms with Crippen LogP contribution < -0.4 is 5.32 Å². The number of nitrogens with zero attached hydrogens (tertiary/aromatic N) is 3. The van der Waals surface area contributed by atoms with Gasteiger partial charge in [0.25, 0.3) is 11.8 Å². The summed E-state index contributed by atoms with van der Waals surface area (Å²) in [4.78, 5) is 51.5. The molecule has 3 amide bonds. The third-order valence-corrected chi connectivity index (χ3v) is 7.80. The van der Waals surface area contributed by atoms with Gasteiger partial charge < -0.3 is 20.1 Å². The summed E-state index contributed by atoms with van der Waals surface area (Å²) in [6.45, 7) is 6.79. The number of carbonyl (C=O) groups excluding carboxylic acids is 3. The van der Waals surface area contributed by atoms with Crippen LogP contribution in [0.15, 0.2) is 66.9 Å². The number of benzene rings is 2. The van der Waals surface area contributed by atoms with Gasteiger partial charge in [0, 0.05) is 35.6 Å². The number of likely N-dealkylation sites (tertiary alicyclic amines) is 2. The lowest BCUT2D eigenvalue weighted by atomic mass is 9.85. The van der Waals surface area contributed by atoms with Gasteiger partial charge in [-0.2, -0.15) is 0 Å². The number of aromatic amines is 1. The highest BCUT2D eigenvalue weighted by Gasteiger charge is 2.50. The molecule has 4 heterocycles. The summed E-state index contributed by atoms with van der Waals surface area (Å²) in [6.07, 6.45) is 2.47. The molecule has 0 radical (unpaired) electrons. The van der Waals surface area contributed by atoms with Gasteiger partial charge in [-0.15, -0.1) is 0 Å². The number of pyridine rings is 1. The number of aromatic nitrogens is 2. The van der Waals surface area contributed by atoms with Crippen molar-refractivity contribution < 1.29 is 14.4 Å². The highest BCUT2D eigenvalue weighted by molar-refractivity contribution is 6.01. The van der Waals surface area contributed by atoms with E-state index in [0.29, 0.717) is 24.5 Å². The molecule has 2 saturated heterocycles. The van der Waals surface area contributed by atoms with E-state index in [1.54, 1.807) is 12.3 Å². The summed E-state index contributed by atoms with van der Waals surface area (Å²) < 4.78 is 0. The first-order valence-electron chi connectivity index (χ1n) is 13.0. The second kappa shape index (κ2) is 8.97. The molecule has 0 aliphatic carbocycles. The Morgan fingerprint density at radius 3 is 2.26 bits per heavy atom. The van der Waals surface area contributed by atoms with Gasteiger partial charge in [0.05, 0.1) is 12.1 Å². The van der Waals surface area contributed by atoms with Crippen LogP contribution >= 0.6 is 0 Å². The molecule has 2 bridgehead atoms. The van der Waals surface area contributed by atoms with Crippen LogP contribution in [0.2, 0.25) is 0 Å². The molecule has 4 aromatic rings. The van der Waals surface area contributed by atoms with Crippen molar-refractivity contribution in [3.05, 3.63) is 78.2 Å². The molecule has 2 N–H and O–H groups in total. The van der Waals surface area contributed by atoms with Crippen molar-refractivity contribution in [3.8, 4) is 0 Å². The molecule has 0 spiro atoms. The van der Waals surface area contributed by atoms with Crippen molar-refractivity contribution in [2.24, 2.45) is 5.41 Å². The van der Waals surface area contributed by atoms with Gasteiger partial charge in [-0.25, -0.2) is 0 Å². The van der Waals surface area contributed by atoms with Crippen molar-refractivity contribution >= 4 is 39.4 Å². The van der Waals surface area contributed by atoms with Gasteiger partial charge in [0.2, 0.25) is 5.91 Å². The zero-order valence-electron chi connectivity index (χ0n) is 21.8. The minimum Gasteiger partial charge on any atom is -0.351 e. The first kappa shape index (κ1) is 24.2. The fourth-order valence-corrected chi connectivity index (χ4v) is 5.75. The third-order valence-electron chi connectivity index (χ3n) is 7.80. The predicted molar refractivity (Wildman–Crippen MR) is 146 cm³/mol. The van der Waals surface area contributed by atoms with Crippen molar-refractivity contribution in [2.45, 2.75) is 45.3 Å². The molecule has 6 rings (SSSR count). The van der Waals surface area contributed by atoms with E-state index < -0.39 is 11.5 Å². The molecule has 0 unspecified atom stereocenters. The zero-order chi connectivity index (χ0) is 26.6. The number of H-pyrrole nitrogens is 1. The maximum atomic E-state index is 13.8. The van der Waals surface area contributed by atoms with Crippen LogP contribution in [0.25, 0.3) is 21.7 Å². The van der Waals surface area contributed by atoms with Crippen molar-refractivity contribution in [3.63, 3.8) is 0 Å². The Bertz CT molecular complexity index is 1540. The van der Waals surface area contributed by atoms with E-state index >= 15 is 0 Å². The molecule has 2 aromatic carbocycles. The van der Waals surface area contributed by atoms with Gasteiger partial charge in [-0.05, 0) is 35.4 Å². The molecular formula is C30H31N5O3. The van der Waals surface area contributed by atoms with E-state index in [0.717, 1.165) is 28.1 Å². The minimum atomic E-state index is -0.702. The number of carbonyl (C=O) groups is 3. The summed E-state index contributed by atoms with van der Waals surface area (Å²) >= 11 is 0. The number of fused-ring (bicyclic) bond motifs is 4. The number of nitrogens with one attached hydrogen (secondary N) is 2. The SMILES string of the molecule is CC(C)(C)[C@H](NC(=O)c1cc2ccccc2[nH]1)C(=O)N1C[C@@H]2C[C@H]1CN2C(=O)c1cc2ccccc2cn1. The van der Waals surface area contributed by atoms with E-state index in [4.69, 9.17) is 0 Å². The number of hydrogen-bond acceptors (Lipinski definition) is 4. The molecule has 8 nitrogen and oxygen atoms in total. The molecule has 2 aromatic heterocycles. The molecule has 2 fully saturated rings. The number of hydrogen-bond donors (Lipinski definition) is 2. The van der Waals surface area contributed by atoms with Crippen LogP contribution in [0.1, 0.15) is 48.2 Å². The Kier molecular flexibility index (Phi) is 5.70. The van der Waals surface area contributed by atoms with Crippen LogP contribution in [-0.4, -0.2) is 68.7 Å². The fraction of sp³-hybridized carbons (Fsp3) is 0.333. The van der Waals surface area contributed by atoms with E-state index in [1.165, 1.54) is 0 Å². The number of amides is 3. The maximum absolute atomic E-state index is 13.8. The van der Waals surface area contributed by atoms with Gasteiger partial charge in [-0.1, -0.05) is 63.2 Å². The molecule has 3 atom stereocenters. The molecule has 194 valence electrons. The van der Waals surface area contributed by atoms with Crippen LogP contribution in [-0.2, 0) is 4.79 Å². The second-order valence-corrected chi connectivity index (χ2v) is 11.5. The topological polar surface area (TPSA) is 98.4 Å². The van der Waals surface area contributed by atoms with E-state index in [-0.39, 0.29) is 29.8 Å². The Morgan fingerprint density at radius 1 is 0.921 bits per heavy atom. The average molecular weight is 510 g/mol. The summed E-state index contributed by atoms with van der Waals surface area (Å²) in [5.74, 6) is -0.516. The molecule has 2 aliphatic heterocycles. The standard InChI is InChI=1S/C30H31N5O3/c1-30(2,3)26(33-27(36)24-13-19-9-6-7-11-23(19)32-24)29(38)35-17-21-14-22(35)16-34(21)28(37)25-12-18-8-4-5-10-20(18)15-31-25/h4-13,15,21-22,26,32H,14,16-17H2,1-3H3,(H,33,36)/t21-,22-,26+/m0/s1. The fourth-order valence-electron chi connectivity index (χ4n) is 5.75. The first-order valence-corrected chi connectivity index (χ1v) is 13.0. The number of para-hydroxylation sites is 1. The molecule has 2 aliphatic rings. The largest absolute Gasteiger partial charge is 0.351 e. The zero-order valence-corrected chi connectivity index (χ0v) is 21.8. The Hall–Kier alpha value is -4.20. The lowest BCUT2D eigenvalue weighted by Crippen LogP contribution is -2.59. The summed E-state index contributed by atoms with van der Waals surface area (Å²) in [5.41, 5.74) is 1.23. The summed E-state index contributed by atoms with van der Waals surface area (Å²) in [6, 6.07) is 18.3. The van der Waals surface area contributed by atoms with Crippen molar-refractivity contribution in [1.82, 2.24) is 25.1 Å². The Balaban J connectivity index is 1.16. The maximum Gasteiger partial charge on any atom is 0.272 e. The normalized spacial score (nSPS) is 19.8. The average Bonchev–Trinajstić information content (AvgIpc) is 3.64. The summed E-state index contributed by atoms with van der Waals surface area (Å²) in [7, 11) is 0. The van der Waals surface area contributed by atoms with Crippen LogP contribution in [0.4, 0.5) is 0 Å². The lowest BCUT2D eigenvalue weighted by molar-refractivity contribution is -0.138. The smallest absolute Gasteiger partial charge is 0.272 e. The lowest BCUT2D eigenvalue weighted by Gasteiger charge is -2.39. The first-order chi connectivity index (χ1) is 18.2. The second-order valence-electron chi connectivity index (χ2n) is 11.5. The van der Waals surface area contributed by atoms with E-state index in [2.05, 4.69) is 15.3 Å². The predicted octanol–water partition coefficient (Wildman–Crippen LogP) is 3.99. The van der Waals surface area contributed by atoms with Gasteiger partial charge in [-0.3, -0.25) is 19.4 Å². The number of rotatable bonds is 4. The van der Waals surface area contributed by atoms with Crippen LogP contribution in [0.5, 0.6) is 0 Å².